The molecule has 1 amide bonds. The Morgan fingerprint density at radius 1 is 1.61 bits per heavy atom. The van der Waals surface area contributed by atoms with Crippen molar-refractivity contribution < 1.29 is 13.2 Å². The van der Waals surface area contributed by atoms with Crippen LogP contribution in [-0.2, 0) is 21.2 Å². The van der Waals surface area contributed by atoms with Crippen molar-refractivity contribution in [2.45, 2.75) is 24.6 Å². The Bertz CT molecular complexity index is 537. The fraction of sp³-hybridized carbons (Fsp3) is 0.600. The van der Waals surface area contributed by atoms with Gasteiger partial charge in [-0.25, -0.2) is 8.42 Å². The number of hydrogen-bond acceptors (Lipinski definition) is 5. The van der Waals surface area contributed by atoms with Gasteiger partial charge in [-0.05, 0) is 18.9 Å². The van der Waals surface area contributed by atoms with E-state index in [1.165, 1.54) is 4.68 Å². The first kappa shape index (κ1) is 12.9. The fourth-order valence-corrected chi connectivity index (χ4v) is 3.75. The molecule has 1 aromatic rings. The standard InChI is InChI=1S/C10H16N4O3S/c11-9-3-4-14(13-9)7-10(15)12-6-8-2-1-5-18(8,16)17/h3-4,8H,1-2,5-7H2,(H2,11,13)(H,12,15). The predicted molar refractivity (Wildman–Crippen MR) is 66.5 cm³/mol. The van der Waals surface area contributed by atoms with Crippen LogP contribution in [0.15, 0.2) is 12.3 Å². The van der Waals surface area contributed by atoms with Gasteiger partial charge in [0.1, 0.15) is 12.4 Å². The first-order valence-electron chi connectivity index (χ1n) is 5.74. The van der Waals surface area contributed by atoms with E-state index >= 15 is 0 Å². The van der Waals surface area contributed by atoms with Crippen molar-refractivity contribution in [2.75, 3.05) is 18.0 Å². The van der Waals surface area contributed by atoms with Crippen LogP contribution in [0.2, 0.25) is 0 Å². The molecule has 2 heterocycles. The van der Waals surface area contributed by atoms with E-state index in [0.29, 0.717) is 18.7 Å². The van der Waals surface area contributed by atoms with Gasteiger partial charge in [0.25, 0.3) is 0 Å². The van der Waals surface area contributed by atoms with Gasteiger partial charge in [0.15, 0.2) is 9.84 Å². The number of nitrogens with one attached hydrogen (secondary N) is 1. The number of amides is 1. The monoisotopic (exact) mass is 272 g/mol. The van der Waals surface area contributed by atoms with E-state index in [9.17, 15) is 13.2 Å². The molecule has 0 saturated carbocycles. The van der Waals surface area contributed by atoms with Gasteiger partial charge in [0, 0.05) is 12.7 Å². The van der Waals surface area contributed by atoms with Crippen molar-refractivity contribution in [1.29, 1.82) is 0 Å². The maximum Gasteiger partial charge on any atom is 0.241 e. The van der Waals surface area contributed by atoms with Gasteiger partial charge in [-0.1, -0.05) is 0 Å². The summed E-state index contributed by atoms with van der Waals surface area (Å²) in [6.07, 6.45) is 2.90. The Hall–Kier alpha value is -1.57. The Kier molecular flexibility index (Phi) is 3.55. The number of nitrogens with two attached hydrogens (primary N) is 1. The lowest BCUT2D eigenvalue weighted by atomic mass is 10.2. The van der Waals surface area contributed by atoms with Crippen molar-refractivity contribution in [3.05, 3.63) is 12.3 Å². The van der Waals surface area contributed by atoms with E-state index < -0.39 is 15.1 Å². The summed E-state index contributed by atoms with van der Waals surface area (Å²) in [5.74, 6) is 0.310. The van der Waals surface area contributed by atoms with Crippen LogP contribution in [0.25, 0.3) is 0 Å². The second-order valence-electron chi connectivity index (χ2n) is 4.37. The lowest BCUT2D eigenvalue weighted by molar-refractivity contribution is -0.121. The van der Waals surface area contributed by atoms with Crippen molar-refractivity contribution in [2.24, 2.45) is 0 Å². The van der Waals surface area contributed by atoms with Crippen LogP contribution in [-0.4, -0.2) is 41.7 Å². The number of nitrogen functional groups attached to an aromatic ring is 1. The smallest absolute Gasteiger partial charge is 0.241 e. The average molecular weight is 272 g/mol. The van der Waals surface area contributed by atoms with E-state index in [2.05, 4.69) is 10.4 Å². The molecule has 1 aromatic heterocycles. The first-order valence-corrected chi connectivity index (χ1v) is 7.46. The van der Waals surface area contributed by atoms with Gasteiger partial charge in [0.2, 0.25) is 5.91 Å². The van der Waals surface area contributed by atoms with E-state index in [1.54, 1.807) is 12.3 Å². The SMILES string of the molecule is Nc1ccn(CC(=O)NCC2CCCS2(=O)=O)n1. The molecule has 0 spiro atoms. The number of rotatable bonds is 4. The molecule has 7 nitrogen and oxygen atoms in total. The van der Waals surface area contributed by atoms with Gasteiger partial charge >= 0.3 is 0 Å². The van der Waals surface area contributed by atoms with Crippen LogP contribution in [0.5, 0.6) is 0 Å². The van der Waals surface area contributed by atoms with Gasteiger partial charge < -0.3 is 11.1 Å². The predicted octanol–water partition coefficient (Wildman–Crippen LogP) is -0.841. The molecular weight excluding hydrogens is 256 g/mol. The molecule has 8 heteroatoms. The minimum absolute atomic E-state index is 0.0456. The molecule has 1 atom stereocenters. The Morgan fingerprint density at radius 3 is 2.94 bits per heavy atom. The Balaban J connectivity index is 1.82. The molecule has 2 rings (SSSR count). The number of carbonyl (C=O) groups excluding carboxylic acids is 1. The number of carbonyl (C=O) groups is 1. The zero-order chi connectivity index (χ0) is 13.2. The molecule has 18 heavy (non-hydrogen) atoms. The second kappa shape index (κ2) is 4.97. The van der Waals surface area contributed by atoms with E-state index in [1.807, 2.05) is 0 Å². The van der Waals surface area contributed by atoms with Gasteiger partial charge in [0.05, 0.1) is 11.0 Å². The molecule has 1 aliphatic rings. The largest absolute Gasteiger partial charge is 0.382 e. The third kappa shape index (κ3) is 3.00. The highest BCUT2D eigenvalue weighted by Crippen LogP contribution is 2.18. The van der Waals surface area contributed by atoms with Gasteiger partial charge in [-0.2, -0.15) is 5.10 Å². The summed E-state index contributed by atoms with van der Waals surface area (Å²) >= 11 is 0. The lowest BCUT2D eigenvalue weighted by Gasteiger charge is -2.10. The first-order chi connectivity index (χ1) is 8.47. The molecule has 3 N–H and O–H groups in total. The normalized spacial score (nSPS) is 21.9. The summed E-state index contributed by atoms with van der Waals surface area (Å²) in [7, 11) is -3.01. The molecule has 1 aliphatic heterocycles. The van der Waals surface area contributed by atoms with Gasteiger partial charge in [-0.15, -0.1) is 0 Å². The molecule has 1 saturated heterocycles. The minimum atomic E-state index is -3.01. The van der Waals surface area contributed by atoms with E-state index in [0.717, 1.165) is 0 Å². The van der Waals surface area contributed by atoms with Crippen LogP contribution in [0.1, 0.15) is 12.8 Å². The third-order valence-corrected chi connectivity index (χ3v) is 5.23. The average Bonchev–Trinajstić information content (AvgIpc) is 2.82. The number of aromatic nitrogens is 2. The quantitative estimate of drug-likeness (QED) is 0.743. The molecule has 100 valence electrons. The Labute approximate surface area is 105 Å². The number of hydrogen-bond donors (Lipinski definition) is 2. The highest BCUT2D eigenvalue weighted by molar-refractivity contribution is 7.92. The Morgan fingerprint density at radius 2 is 2.39 bits per heavy atom. The molecule has 1 fully saturated rings. The van der Waals surface area contributed by atoms with Crippen molar-refractivity contribution in [3.63, 3.8) is 0 Å². The fourth-order valence-electron chi connectivity index (χ4n) is 1.98. The second-order valence-corrected chi connectivity index (χ2v) is 6.77. The summed E-state index contributed by atoms with van der Waals surface area (Å²) in [4.78, 5) is 11.6. The van der Waals surface area contributed by atoms with Gasteiger partial charge in [-0.3, -0.25) is 9.48 Å². The summed E-state index contributed by atoms with van der Waals surface area (Å²) in [5, 5.41) is 6.05. The molecule has 1 unspecified atom stereocenters. The highest BCUT2D eigenvalue weighted by Gasteiger charge is 2.31. The molecular formula is C10H16N4O3S. The number of anilines is 1. The van der Waals surface area contributed by atoms with E-state index in [4.69, 9.17) is 5.73 Å². The summed E-state index contributed by atoms with van der Waals surface area (Å²) in [6, 6.07) is 1.59. The zero-order valence-electron chi connectivity index (χ0n) is 9.87. The summed E-state index contributed by atoms with van der Waals surface area (Å²) in [6.45, 7) is 0.224. The third-order valence-electron chi connectivity index (χ3n) is 2.96. The molecule has 0 aromatic carbocycles. The van der Waals surface area contributed by atoms with Crippen LogP contribution < -0.4 is 11.1 Å². The maximum atomic E-state index is 11.6. The number of nitrogens with zero attached hydrogens (tertiary/aromatic N) is 2. The summed E-state index contributed by atoms with van der Waals surface area (Å²) in [5.41, 5.74) is 5.42. The van der Waals surface area contributed by atoms with Crippen LogP contribution in [0, 0.1) is 0 Å². The highest BCUT2D eigenvalue weighted by atomic mass is 32.2. The molecule has 0 aliphatic carbocycles. The molecule has 0 bridgehead atoms. The van der Waals surface area contributed by atoms with Crippen molar-refractivity contribution in [3.8, 4) is 0 Å². The minimum Gasteiger partial charge on any atom is -0.382 e. The maximum absolute atomic E-state index is 11.6. The molecule has 0 radical (unpaired) electrons. The summed E-state index contributed by atoms with van der Waals surface area (Å²) < 4.78 is 24.5. The number of sulfone groups is 1. The van der Waals surface area contributed by atoms with Crippen molar-refractivity contribution in [1.82, 2.24) is 15.1 Å². The van der Waals surface area contributed by atoms with Crippen LogP contribution in [0.4, 0.5) is 5.82 Å². The zero-order valence-corrected chi connectivity index (χ0v) is 10.7. The van der Waals surface area contributed by atoms with E-state index in [-0.39, 0.29) is 24.7 Å². The van der Waals surface area contributed by atoms with Crippen LogP contribution >= 0.6 is 0 Å². The van der Waals surface area contributed by atoms with Crippen molar-refractivity contribution >= 4 is 21.6 Å². The topological polar surface area (TPSA) is 107 Å². The lowest BCUT2D eigenvalue weighted by Crippen LogP contribution is -2.36. The van der Waals surface area contributed by atoms with Crippen LogP contribution in [0.3, 0.4) is 0 Å².